The Hall–Kier alpha value is 0. The van der Waals surface area contributed by atoms with Crippen LogP contribution in [-0.2, 0) is 0 Å². The van der Waals surface area contributed by atoms with Crippen molar-refractivity contribution in [1.82, 2.24) is 0 Å². The number of hydrogen-bond donors (Lipinski definition) is 0. The molecule has 13 heavy (non-hydrogen) atoms. The van der Waals surface area contributed by atoms with Crippen molar-refractivity contribution in [2.24, 2.45) is 23.7 Å². The minimum Gasteiger partial charge on any atom is -0.0654 e. The van der Waals surface area contributed by atoms with Gasteiger partial charge in [-0.25, -0.2) is 0 Å². The summed E-state index contributed by atoms with van der Waals surface area (Å²) in [7, 11) is 0. The van der Waals surface area contributed by atoms with E-state index in [1.165, 1.54) is 32.1 Å². The Morgan fingerprint density at radius 2 is 1.69 bits per heavy atom. The van der Waals surface area contributed by atoms with Crippen molar-refractivity contribution < 1.29 is 0 Å². The van der Waals surface area contributed by atoms with Crippen LogP contribution in [0, 0.1) is 23.7 Å². The smallest absolute Gasteiger partial charge is 0.0383 e. The predicted octanol–water partition coefficient (Wildman–Crippen LogP) is 4.49. The molecular weight excluding hydrogens is 156 g/mol. The van der Waals surface area contributed by atoms with Crippen molar-refractivity contribution in [2.45, 2.75) is 59.8 Å². The van der Waals surface area contributed by atoms with Crippen LogP contribution in [0.1, 0.15) is 59.8 Å². The second kappa shape index (κ2) is 5.02. The molecule has 0 spiro atoms. The summed E-state index contributed by atoms with van der Waals surface area (Å²) in [6.45, 7) is 9.63. The molecule has 0 aliphatic heterocycles. The van der Waals surface area contributed by atoms with E-state index in [1.807, 2.05) is 0 Å². The van der Waals surface area contributed by atoms with Gasteiger partial charge in [0, 0.05) is 0 Å². The van der Waals surface area contributed by atoms with E-state index in [2.05, 4.69) is 27.7 Å². The number of hydrogen-bond acceptors (Lipinski definition) is 0. The molecule has 1 fully saturated rings. The lowest BCUT2D eigenvalue weighted by Crippen LogP contribution is -2.09. The average Bonchev–Trinajstić information content (AvgIpc) is 2.34. The summed E-state index contributed by atoms with van der Waals surface area (Å²) in [5.74, 6) is 3.96. The van der Waals surface area contributed by atoms with Crippen LogP contribution in [0.3, 0.4) is 0 Å². The second-order valence-electron chi connectivity index (χ2n) is 5.19. The molecule has 0 heterocycles. The van der Waals surface area contributed by atoms with Crippen molar-refractivity contribution in [1.29, 1.82) is 0 Å². The largest absolute Gasteiger partial charge is 0.0654 e. The van der Waals surface area contributed by atoms with Gasteiger partial charge in [0.1, 0.15) is 0 Å². The van der Waals surface area contributed by atoms with Crippen molar-refractivity contribution in [3.8, 4) is 0 Å². The zero-order valence-corrected chi connectivity index (χ0v) is 9.84. The van der Waals surface area contributed by atoms with Crippen molar-refractivity contribution in [3.63, 3.8) is 0 Å². The van der Waals surface area contributed by atoms with Gasteiger partial charge in [-0.1, -0.05) is 53.4 Å². The molecule has 1 aliphatic rings. The Balaban J connectivity index is 2.27. The molecule has 78 valence electrons. The van der Waals surface area contributed by atoms with E-state index in [0.717, 1.165) is 23.7 Å². The maximum absolute atomic E-state index is 2.46. The highest BCUT2D eigenvalue weighted by Crippen LogP contribution is 2.43. The molecule has 0 bridgehead atoms. The van der Waals surface area contributed by atoms with Crippen LogP contribution < -0.4 is 0 Å². The van der Waals surface area contributed by atoms with Crippen molar-refractivity contribution in [3.05, 3.63) is 0 Å². The Labute approximate surface area is 84.1 Å². The van der Waals surface area contributed by atoms with Crippen LogP contribution in [0.5, 0.6) is 0 Å². The third kappa shape index (κ3) is 2.72. The first-order chi connectivity index (χ1) is 6.16. The maximum atomic E-state index is 2.46. The molecule has 0 aromatic rings. The summed E-state index contributed by atoms with van der Waals surface area (Å²) in [6.07, 6.45) is 7.25. The topological polar surface area (TPSA) is 0 Å². The Morgan fingerprint density at radius 3 is 2.15 bits per heavy atom. The van der Waals surface area contributed by atoms with Gasteiger partial charge in [0.2, 0.25) is 0 Å². The molecule has 0 amide bonds. The fourth-order valence-electron chi connectivity index (χ4n) is 2.89. The van der Waals surface area contributed by atoms with E-state index in [-0.39, 0.29) is 0 Å². The quantitative estimate of drug-likeness (QED) is 0.562. The van der Waals surface area contributed by atoms with Gasteiger partial charge in [-0.05, 0) is 30.1 Å². The third-order valence-corrected chi connectivity index (χ3v) is 4.32. The summed E-state index contributed by atoms with van der Waals surface area (Å²) < 4.78 is 0. The summed E-state index contributed by atoms with van der Waals surface area (Å²) in [4.78, 5) is 0. The van der Waals surface area contributed by atoms with Crippen LogP contribution in [0.15, 0.2) is 0 Å². The average molecular weight is 182 g/mol. The molecule has 0 nitrogen and oxygen atoms in total. The number of unbranched alkanes of at least 4 members (excludes halogenated alkanes) is 2. The minimum absolute atomic E-state index is 0.964. The Kier molecular flexibility index (Phi) is 4.28. The normalized spacial score (nSPS) is 39.7. The molecule has 0 N–H and O–H groups in total. The molecule has 0 saturated heterocycles. The molecule has 1 rings (SSSR count). The van der Waals surface area contributed by atoms with Gasteiger partial charge in [-0.3, -0.25) is 0 Å². The van der Waals surface area contributed by atoms with Gasteiger partial charge in [-0.2, -0.15) is 0 Å². The van der Waals surface area contributed by atoms with E-state index < -0.39 is 0 Å². The Bertz CT molecular complexity index is 139. The van der Waals surface area contributed by atoms with Gasteiger partial charge in [0.05, 0.1) is 0 Å². The predicted molar refractivity (Wildman–Crippen MR) is 59.7 cm³/mol. The lowest BCUT2D eigenvalue weighted by atomic mass is 9.88. The molecule has 1 saturated carbocycles. The molecule has 0 aromatic heterocycles. The monoisotopic (exact) mass is 182 g/mol. The fourth-order valence-corrected chi connectivity index (χ4v) is 2.89. The van der Waals surface area contributed by atoms with E-state index in [0.29, 0.717) is 0 Å². The van der Waals surface area contributed by atoms with Crippen LogP contribution in [0.4, 0.5) is 0 Å². The Morgan fingerprint density at radius 1 is 1.00 bits per heavy atom. The molecule has 1 aliphatic carbocycles. The highest BCUT2D eigenvalue weighted by atomic mass is 14.4. The summed E-state index contributed by atoms with van der Waals surface area (Å²) in [5, 5.41) is 0. The summed E-state index contributed by atoms with van der Waals surface area (Å²) in [6, 6.07) is 0. The molecular formula is C13H26. The zero-order valence-electron chi connectivity index (χ0n) is 9.84. The fraction of sp³-hybridized carbons (Fsp3) is 1.00. The van der Waals surface area contributed by atoms with Gasteiger partial charge < -0.3 is 0 Å². The minimum atomic E-state index is 0.964. The van der Waals surface area contributed by atoms with E-state index in [1.54, 1.807) is 0 Å². The third-order valence-electron chi connectivity index (χ3n) is 4.32. The zero-order chi connectivity index (χ0) is 9.84. The molecule has 0 radical (unpaired) electrons. The first-order valence-electron chi connectivity index (χ1n) is 6.16. The number of rotatable bonds is 4. The van der Waals surface area contributed by atoms with Gasteiger partial charge >= 0.3 is 0 Å². The van der Waals surface area contributed by atoms with Gasteiger partial charge in [-0.15, -0.1) is 0 Å². The van der Waals surface area contributed by atoms with Crippen LogP contribution in [-0.4, -0.2) is 0 Å². The van der Waals surface area contributed by atoms with E-state index in [9.17, 15) is 0 Å². The lowest BCUT2D eigenvalue weighted by molar-refractivity contribution is 0.321. The van der Waals surface area contributed by atoms with Gasteiger partial charge in [0.25, 0.3) is 0 Å². The second-order valence-corrected chi connectivity index (χ2v) is 5.19. The standard InChI is InChI=1S/C13H26/c1-5-6-7-8-13-9-10(2)11(3)12(13)4/h10-13H,5-9H2,1-4H3. The van der Waals surface area contributed by atoms with E-state index in [4.69, 9.17) is 0 Å². The molecule has 4 atom stereocenters. The first kappa shape index (κ1) is 11.1. The lowest BCUT2D eigenvalue weighted by Gasteiger charge is -2.18. The van der Waals surface area contributed by atoms with Crippen molar-refractivity contribution >= 4 is 0 Å². The molecule has 0 heteroatoms. The summed E-state index contributed by atoms with van der Waals surface area (Å²) >= 11 is 0. The first-order valence-corrected chi connectivity index (χ1v) is 6.16. The van der Waals surface area contributed by atoms with Crippen LogP contribution >= 0.6 is 0 Å². The summed E-state index contributed by atoms with van der Waals surface area (Å²) in [5.41, 5.74) is 0. The van der Waals surface area contributed by atoms with Gasteiger partial charge in [0.15, 0.2) is 0 Å². The van der Waals surface area contributed by atoms with E-state index >= 15 is 0 Å². The SMILES string of the molecule is CCCCCC1CC(C)C(C)C1C. The highest BCUT2D eigenvalue weighted by molar-refractivity contribution is 4.84. The molecule has 4 unspecified atom stereocenters. The van der Waals surface area contributed by atoms with Crippen LogP contribution in [0.25, 0.3) is 0 Å². The van der Waals surface area contributed by atoms with Crippen molar-refractivity contribution in [2.75, 3.05) is 0 Å². The molecule has 0 aromatic carbocycles. The van der Waals surface area contributed by atoms with Crippen LogP contribution in [0.2, 0.25) is 0 Å². The maximum Gasteiger partial charge on any atom is -0.0383 e. The highest BCUT2D eigenvalue weighted by Gasteiger charge is 2.34.